The fourth-order valence-electron chi connectivity index (χ4n) is 2.97. The minimum atomic E-state index is -0.855. The molecule has 3 rings (SSSR count). The molecule has 6 nitrogen and oxygen atoms in total. The molecule has 25 heavy (non-hydrogen) atoms. The number of nitrogens with zero attached hydrogens (tertiary/aromatic N) is 2. The molecule has 0 bridgehead atoms. The van der Waals surface area contributed by atoms with Gasteiger partial charge in [-0.05, 0) is 53.0 Å². The maximum Gasteiger partial charge on any atom is 0.307 e. The van der Waals surface area contributed by atoms with Crippen molar-refractivity contribution in [2.75, 3.05) is 19.5 Å². The number of carboxylic acid groups (broad SMARTS) is 1. The minimum absolute atomic E-state index is 0.0292. The van der Waals surface area contributed by atoms with E-state index in [0.29, 0.717) is 11.7 Å². The first-order valence-corrected chi connectivity index (χ1v) is 7.85. The van der Waals surface area contributed by atoms with Crippen molar-refractivity contribution in [3.63, 3.8) is 0 Å². The Morgan fingerprint density at radius 1 is 1.28 bits per heavy atom. The molecule has 1 aliphatic rings. The number of carbonyl (C=O) groups is 1. The van der Waals surface area contributed by atoms with Gasteiger partial charge in [-0.1, -0.05) is 6.07 Å². The van der Waals surface area contributed by atoms with Crippen molar-refractivity contribution < 1.29 is 14.6 Å². The van der Waals surface area contributed by atoms with Crippen LogP contribution in [0.3, 0.4) is 0 Å². The Labute approximate surface area is 145 Å². The second-order valence-electron chi connectivity index (χ2n) is 5.73. The zero-order valence-electron chi connectivity index (χ0n) is 14.3. The Morgan fingerprint density at radius 3 is 2.60 bits per heavy atom. The molecule has 6 heteroatoms. The average molecular weight is 337 g/mol. The molecule has 0 amide bonds. The van der Waals surface area contributed by atoms with Crippen LogP contribution in [0.5, 0.6) is 5.75 Å². The number of aliphatic carboxylic acids is 1. The van der Waals surface area contributed by atoms with E-state index in [4.69, 9.17) is 4.74 Å². The molecule has 2 aromatic rings. The van der Waals surface area contributed by atoms with Gasteiger partial charge in [-0.15, -0.1) is 0 Å². The molecular formula is C19H19N3O3. The first-order chi connectivity index (χ1) is 12.0. The molecule has 1 aromatic carbocycles. The lowest BCUT2D eigenvalue weighted by atomic mass is 10.0. The van der Waals surface area contributed by atoms with Gasteiger partial charge in [0.05, 0.1) is 13.5 Å². The van der Waals surface area contributed by atoms with Crippen LogP contribution in [0.1, 0.15) is 30.0 Å². The van der Waals surface area contributed by atoms with Gasteiger partial charge in [0.25, 0.3) is 0 Å². The van der Waals surface area contributed by atoms with E-state index in [1.165, 1.54) is 0 Å². The van der Waals surface area contributed by atoms with E-state index in [1.807, 2.05) is 31.2 Å². The maximum absolute atomic E-state index is 11.3. The summed E-state index contributed by atoms with van der Waals surface area (Å²) in [5.74, 6) is 0.404. The Morgan fingerprint density at radius 2 is 2.00 bits per heavy atom. The molecule has 1 aromatic heterocycles. The second-order valence-corrected chi connectivity index (χ2v) is 5.73. The normalized spacial score (nSPS) is 14.6. The minimum Gasteiger partial charge on any atom is -0.497 e. The molecule has 0 atom stereocenters. The van der Waals surface area contributed by atoms with Gasteiger partial charge in [-0.25, -0.2) is 9.97 Å². The highest BCUT2D eigenvalue weighted by atomic mass is 16.5. The van der Waals surface area contributed by atoms with Gasteiger partial charge in [-0.2, -0.15) is 0 Å². The second kappa shape index (κ2) is 6.76. The van der Waals surface area contributed by atoms with Gasteiger partial charge in [0, 0.05) is 25.0 Å². The number of nitrogens with one attached hydrogen (secondary N) is 1. The van der Waals surface area contributed by atoms with Crippen LogP contribution in [0.2, 0.25) is 0 Å². The highest BCUT2D eigenvalue weighted by Gasteiger charge is 2.25. The number of benzene rings is 1. The average Bonchev–Trinajstić information content (AvgIpc) is 2.87. The van der Waals surface area contributed by atoms with E-state index in [1.54, 1.807) is 26.6 Å². The molecule has 0 spiro atoms. The van der Waals surface area contributed by atoms with E-state index < -0.39 is 5.97 Å². The number of carboxylic acids is 1. The molecular weight excluding hydrogens is 318 g/mol. The molecule has 0 aliphatic heterocycles. The number of hydrogen-bond acceptors (Lipinski definition) is 5. The van der Waals surface area contributed by atoms with Crippen molar-refractivity contribution in [1.29, 1.82) is 0 Å². The fourth-order valence-corrected chi connectivity index (χ4v) is 2.97. The Balaban J connectivity index is 2.11. The zero-order chi connectivity index (χ0) is 18.0. The number of rotatable bonds is 5. The lowest BCUT2D eigenvalue weighted by Crippen LogP contribution is -1.97. The van der Waals surface area contributed by atoms with E-state index >= 15 is 0 Å². The summed E-state index contributed by atoms with van der Waals surface area (Å²) in [6.07, 6.45) is 5.42. The van der Waals surface area contributed by atoms with Gasteiger partial charge in [-0.3, -0.25) is 4.79 Å². The standard InChI is InChI=1S/C19H19N3O3/c1-11-15(6-12-9-21-19(20-2)22-10-12)14-5-4-13(25-3)7-17(14)16(11)8-18(23)24/h4-7,9-10H,8H2,1-3H3,(H,23,24)(H,20,21,22)/b15-6-. The smallest absolute Gasteiger partial charge is 0.307 e. The number of methoxy groups -OCH3 is 1. The summed E-state index contributed by atoms with van der Waals surface area (Å²) in [7, 11) is 3.36. The van der Waals surface area contributed by atoms with Crippen LogP contribution >= 0.6 is 0 Å². The molecule has 2 N–H and O–H groups in total. The van der Waals surface area contributed by atoms with Crippen LogP contribution in [0, 0.1) is 0 Å². The summed E-state index contributed by atoms with van der Waals surface area (Å²) in [6.45, 7) is 1.94. The van der Waals surface area contributed by atoms with Gasteiger partial charge in [0.1, 0.15) is 5.75 Å². The van der Waals surface area contributed by atoms with E-state index in [9.17, 15) is 9.90 Å². The number of aromatic nitrogens is 2. The molecule has 1 heterocycles. The largest absolute Gasteiger partial charge is 0.497 e. The van der Waals surface area contributed by atoms with Crippen molar-refractivity contribution >= 4 is 29.1 Å². The summed E-state index contributed by atoms with van der Waals surface area (Å²) in [5.41, 5.74) is 5.48. The van der Waals surface area contributed by atoms with Crippen LogP contribution in [-0.2, 0) is 4.79 Å². The fraction of sp³-hybridized carbons (Fsp3) is 0.211. The number of hydrogen-bond donors (Lipinski definition) is 2. The Kier molecular flexibility index (Phi) is 4.52. The van der Waals surface area contributed by atoms with Gasteiger partial charge in [0.15, 0.2) is 0 Å². The van der Waals surface area contributed by atoms with Gasteiger partial charge >= 0.3 is 5.97 Å². The quantitative estimate of drug-likeness (QED) is 0.870. The summed E-state index contributed by atoms with van der Waals surface area (Å²) in [6, 6.07) is 5.73. The molecule has 0 saturated heterocycles. The molecule has 128 valence electrons. The number of allylic oxidation sites excluding steroid dienone is 2. The molecule has 0 unspecified atom stereocenters. The number of anilines is 1. The summed E-state index contributed by atoms with van der Waals surface area (Å²) in [4.78, 5) is 19.7. The summed E-state index contributed by atoms with van der Waals surface area (Å²) < 4.78 is 5.29. The third-order valence-electron chi connectivity index (χ3n) is 4.23. The predicted octanol–water partition coefficient (Wildman–Crippen LogP) is 3.33. The topological polar surface area (TPSA) is 84.3 Å². The third-order valence-corrected chi connectivity index (χ3v) is 4.23. The summed E-state index contributed by atoms with van der Waals surface area (Å²) >= 11 is 0. The van der Waals surface area contributed by atoms with Crippen molar-refractivity contribution in [2.24, 2.45) is 0 Å². The van der Waals surface area contributed by atoms with Crippen molar-refractivity contribution in [2.45, 2.75) is 13.3 Å². The van der Waals surface area contributed by atoms with Gasteiger partial charge in [0.2, 0.25) is 5.95 Å². The van der Waals surface area contributed by atoms with E-state index in [-0.39, 0.29) is 6.42 Å². The monoisotopic (exact) mass is 337 g/mol. The van der Waals surface area contributed by atoms with Crippen LogP contribution in [0.15, 0.2) is 36.2 Å². The molecule has 1 aliphatic carbocycles. The van der Waals surface area contributed by atoms with E-state index in [2.05, 4.69) is 15.3 Å². The highest BCUT2D eigenvalue weighted by Crippen LogP contribution is 2.44. The Bertz CT molecular complexity index is 883. The van der Waals surface area contributed by atoms with Crippen LogP contribution in [0.25, 0.3) is 17.2 Å². The van der Waals surface area contributed by atoms with Crippen molar-refractivity contribution in [3.05, 3.63) is 52.9 Å². The SMILES string of the molecule is CNc1ncc(/C=C2/C(C)=C(CC(=O)O)c3cc(OC)ccc32)cn1. The van der Waals surface area contributed by atoms with Crippen LogP contribution in [0.4, 0.5) is 5.95 Å². The van der Waals surface area contributed by atoms with Crippen LogP contribution in [-0.4, -0.2) is 35.2 Å². The Hall–Kier alpha value is -3.15. The lowest BCUT2D eigenvalue weighted by Gasteiger charge is -2.07. The summed E-state index contributed by atoms with van der Waals surface area (Å²) in [5, 5.41) is 12.1. The predicted molar refractivity (Wildman–Crippen MR) is 97.3 cm³/mol. The van der Waals surface area contributed by atoms with Crippen molar-refractivity contribution in [3.8, 4) is 5.75 Å². The number of fused-ring (bicyclic) bond motifs is 1. The highest BCUT2D eigenvalue weighted by molar-refractivity contribution is 6.07. The molecule has 0 fully saturated rings. The lowest BCUT2D eigenvalue weighted by molar-refractivity contribution is -0.135. The van der Waals surface area contributed by atoms with Crippen molar-refractivity contribution in [1.82, 2.24) is 9.97 Å². The van der Waals surface area contributed by atoms with Gasteiger partial charge < -0.3 is 15.2 Å². The zero-order valence-corrected chi connectivity index (χ0v) is 14.3. The first-order valence-electron chi connectivity index (χ1n) is 7.85. The first kappa shape index (κ1) is 16.7. The van der Waals surface area contributed by atoms with E-state index in [0.717, 1.165) is 33.4 Å². The third kappa shape index (κ3) is 3.24. The van der Waals surface area contributed by atoms with Crippen LogP contribution < -0.4 is 10.1 Å². The molecule has 0 saturated carbocycles. The molecule has 0 radical (unpaired) electrons. The maximum atomic E-state index is 11.3. The number of ether oxygens (including phenoxy) is 1.